The number of hydrogen-bond donors (Lipinski definition) is 1. The molecular formula is C29H28F2N8O3. The summed E-state index contributed by atoms with van der Waals surface area (Å²) in [5.74, 6) is 1.18. The lowest BCUT2D eigenvalue weighted by Crippen LogP contribution is -2.19. The van der Waals surface area contributed by atoms with Gasteiger partial charge in [0, 0.05) is 40.7 Å². The Morgan fingerprint density at radius 1 is 1.21 bits per heavy atom. The standard InChI is InChI=1S/C29H28F2N8O3/c1-16-10-20(16)29(40)33-24-11-21-22(27-34-25-9-8-19(14-39(25)37-27)42-15-23(30)31)12-32-28(26(21)36-35-24)38(2)13-17-4-6-18(41-3)7-5-17/h4-9,11-12,14,16,20,23H,10,13,15H2,1-3H3,(H,33,35,40)/t16-,20+/m1/s1/i2D3. The summed E-state index contributed by atoms with van der Waals surface area (Å²) >= 11 is 0. The van der Waals surface area contributed by atoms with E-state index in [2.05, 4.69) is 30.6 Å². The largest absolute Gasteiger partial charge is 0.497 e. The molecule has 1 amide bonds. The first kappa shape index (κ1) is 23.7. The lowest BCUT2D eigenvalue weighted by Gasteiger charge is -2.20. The molecular weight excluding hydrogens is 546 g/mol. The SMILES string of the molecule is [2H]C([2H])([2H])N(Cc1ccc(OC)cc1)c1ncc(-c2nc3ccc(OCC(F)F)cn3n2)c2cc(NC(=O)[C@H]3C[C@H]3C)nnc12. The Hall–Kier alpha value is -4.94. The molecule has 13 heteroatoms. The molecule has 1 aromatic carbocycles. The van der Waals surface area contributed by atoms with Gasteiger partial charge in [0.05, 0.1) is 13.3 Å². The predicted octanol–water partition coefficient (Wildman–Crippen LogP) is 4.62. The lowest BCUT2D eigenvalue weighted by atomic mass is 10.1. The number of benzene rings is 1. The first-order valence-electron chi connectivity index (χ1n) is 14.7. The van der Waals surface area contributed by atoms with Crippen LogP contribution in [0.1, 0.15) is 23.0 Å². The van der Waals surface area contributed by atoms with Gasteiger partial charge in [-0.2, -0.15) is 0 Å². The Morgan fingerprint density at radius 2 is 2.00 bits per heavy atom. The van der Waals surface area contributed by atoms with Gasteiger partial charge < -0.3 is 19.7 Å². The smallest absolute Gasteiger partial charge is 0.272 e. The first-order chi connectivity index (χ1) is 21.5. The third-order valence-corrected chi connectivity index (χ3v) is 6.99. The van der Waals surface area contributed by atoms with Crippen LogP contribution >= 0.6 is 0 Å². The van der Waals surface area contributed by atoms with E-state index in [4.69, 9.17) is 13.6 Å². The first-order valence-corrected chi connectivity index (χ1v) is 13.2. The maximum absolute atomic E-state index is 12.7. The number of alkyl halides is 2. The normalized spacial score (nSPS) is 17.5. The molecule has 0 unspecified atom stereocenters. The number of fused-ring (bicyclic) bond motifs is 2. The highest BCUT2D eigenvalue weighted by Gasteiger charge is 2.39. The fourth-order valence-electron chi connectivity index (χ4n) is 4.57. The molecule has 1 fully saturated rings. The second-order valence-electron chi connectivity index (χ2n) is 10.0. The highest BCUT2D eigenvalue weighted by atomic mass is 19.3. The fourth-order valence-corrected chi connectivity index (χ4v) is 4.57. The minimum absolute atomic E-state index is 0.0321. The summed E-state index contributed by atoms with van der Waals surface area (Å²) in [6.45, 7) is -1.44. The molecule has 6 rings (SSSR count). The number of nitrogens with one attached hydrogen (secondary N) is 1. The van der Waals surface area contributed by atoms with E-state index in [0.29, 0.717) is 27.9 Å². The van der Waals surface area contributed by atoms with Gasteiger partial charge in [-0.15, -0.1) is 15.3 Å². The molecule has 5 aromatic rings. The third-order valence-electron chi connectivity index (χ3n) is 6.99. The maximum Gasteiger partial charge on any atom is 0.272 e. The summed E-state index contributed by atoms with van der Waals surface area (Å²) < 4.78 is 61.9. The van der Waals surface area contributed by atoms with Crippen molar-refractivity contribution in [3.05, 3.63) is 60.4 Å². The summed E-state index contributed by atoms with van der Waals surface area (Å²) in [6.07, 6.45) is 0.996. The number of methoxy groups -OCH3 is 1. The van der Waals surface area contributed by atoms with Gasteiger partial charge in [-0.05, 0) is 48.2 Å². The van der Waals surface area contributed by atoms with E-state index in [-0.39, 0.29) is 53.0 Å². The predicted molar refractivity (Wildman–Crippen MR) is 152 cm³/mol. The average molecular weight is 578 g/mol. The Kier molecular flexibility index (Phi) is 6.30. The summed E-state index contributed by atoms with van der Waals surface area (Å²) in [7, 11) is 1.54. The number of hydrogen-bond acceptors (Lipinski definition) is 9. The number of pyridine rings is 2. The van der Waals surface area contributed by atoms with Gasteiger partial charge in [-0.1, -0.05) is 19.1 Å². The maximum atomic E-state index is 12.7. The van der Waals surface area contributed by atoms with Gasteiger partial charge in [0.1, 0.15) is 23.6 Å². The van der Waals surface area contributed by atoms with Crippen molar-refractivity contribution in [3.63, 3.8) is 0 Å². The van der Waals surface area contributed by atoms with Crippen molar-refractivity contribution in [1.29, 1.82) is 0 Å². The van der Waals surface area contributed by atoms with Gasteiger partial charge in [0.25, 0.3) is 6.43 Å². The zero-order valence-electron chi connectivity index (χ0n) is 25.7. The van der Waals surface area contributed by atoms with Crippen molar-refractivity contribution in [3.8, 4) is 22.9 Å². The zero-order chi connectivity index (χ0) is 31.9. The molecule has 2 atom stereocenters. The average Bonchev–Trinajstić information content (AvgIpc) is 3.60. The molecule has 1 saturated carbocycles. The minimum atomic E-state index is -2.64. The molecule has 0 saturated heterocycles. The number of ether oxygens (including phenoxy) is 2. The summed E-state index contributed by atoms with van der Waals surface area (Å²) in [4.78, 5) is 22.9. The van der Waals surface area contributed by atoms with Gasteiger partial charge in [-0.25, -0.2) is 23.3 Å². The number of amides is 1. The Bertz CT molecular complexity index is 1870. The van der Waals surface area contributed by atoms with Gasteiger partial charge in [-0.3, -0.25) is 4.79 Å². The van der Waals surface area contributed by atoms with Crippen LogP contribution < -0.4 is 19.7 Å². The van der Waals surface area contributed by atoms with E-state index in [9.17, 15) is 13.6 Å². The van der Waals surface area contributed by atoms with Crippen molar-refractivity contribution < 1.29 is 27.2 Å². The number of carbonyl (C=O) groups excluding carboxylic acids is 1. The topological polar surface area (TPSA) is 120 Å². The Morgan fingerprint density at radius 3 is 2.71 bits per heavy atom. The van der Waals surface area contributed by atoms with Crippen molar-refractivity contribution in [2.75, 3.05) is 30.9 Å². The van der Waals surface area contributed by atoms with Crippen molar-refractivity contribution in [1.82, 2.24) is 29.8 Å². The molecule has 0 bridgehead atoms. The molecule has 11 nitrogen and oxygen atoms in total. The monoisotopic (exact) mass is 577 g/mol. The van der Waals surface area contributed by atoms with Crippen molar-refractivity contribution >= 4 is 34.1 Å². The zero-order valence-corrected chi connectivity index (χ0v) is 22.7. The van der Waals surface area contributed by atoms with Crippen LogP contribution in [-0.4, -0.2) is 62.8 Å². The van der Waals surface area contributed by atoms with E-state index < -0.39 is 20.0 Å². The van der Waals surface area contributed by atoms with Crippen LogP contribution in [0.4, 0.5) is 20.4 Å². The molecule has 0 aliphatic heterocycles. The molecule has 1 aliphatic carbocycles. The quantitative estimate of drug-likeness (QED) is 0.254. The van der Waals surface area contributed by atoms with E-state index in [0.717, 1.165) is 11.3 Å². The van der Waals surface area contributed by atoms with E-state index in [1.807, 2.05) is 6.92 Å². The van der Waals surface area contributed by atoms with Crippen LogP contribution in [0.5, 0.6) is 11.5 Å². The number of nitrogens with zero attached hydrogens (tertiary/aromatic N) is 7. The molecule has 1 N–H and O–H groups in total. The molecule has 4 heterocycles. The van der Waals surface area contributed by atoms with E-state index >= 15 is 0 Å². The molecule has 0 spiro atoms. The summed E-state index contributed by atoms with van der Waals surface area (Å²) in [5, 5.41) is 16.2. The highest BCUT2D eigenvalue weighted by molar-refractivity contribution is 6.01. The van der Waals surface area contributed by atoms with Gasteiger partial charge >= 0.3 is 0 Å². The van der Waals surface area contributed by atoms with E-state index in [1.54, 1.807) is 43.5 Å². The number of halogens is 2. The summed E-state index contributed by atoms with van der Waals surface area (Å²) in [6, 6.07) is 11.6. The third kappa shape index (κ3) is 5.62. The van der Waals surface area contributed by atoms with Crippen LogP contribution in [0.25, 0.3) is 27.9 Å². The van der Waals surface area contributed by atoms with Crippen LogP contribution in [0.3, 0.4) is 0 Å². The summed E-state index contributed by atoms with van der Waals surface area (Å²) in [5.41, 5.74) is 1.61. The molecule has 4 aromatic heterocycles. The number of rotatable bonds is 10. The number of carbonyl (C=O) groups is 1. The van der Waals surface area contributed by atoms with Gasteiger partial charge in [0.15, 0.2) is 23.1 Å². The second-order valence-corrected chi connectivity index (χ2v) is 10.0. The highest BCUT2D eigenvalue weighted by Crippen LogP contribution is 2.39. The minimum Gasteiger partial charge on any atom is -0.497 e. The lowest BCUT2D eigenvalue weighted by molar-refractivity contribution is -0.117. The van der Waals surface area contributed by atoms with Gasteiger partial charge in [0.2, 0.25) is 5.91 Å². The number of aromatic nitrogens is 6. The molecule has 216 valence electrons. The second kappa shape index (κ2) is 11.1. The molecule has 1 aliphatic rings. The number of anilines is 2. The molecule has 42 heavy (non-hydrogen) atoms. The van der Waals surface area contributed by atoms with Crippen LogP contribution in [0.15, 0.2) is 54.9 Å². The Labute approximate surface area is 243 Å². The van der Waals surface area contributed by atoms with E-state index in [1.165, 1.54) is 23.0 Å². The van der Waals surface area contributed by atoms with Crippen molar-refractivity contribution in [2.24, 2.45) is 11.8 Å². The van der Waals surface area contributed by atoms with Crippen molar-refractivity contribution in [2.45, 2.75) is 26.3 Å². The van der Waals surface area contributed by atoms with Crippen LogP contribution in [-0.2, 0) is 11.3 Å². The fraction of sp³-hybridized carbons (Fsp3) is 0.310. The molecule has 0 radical (unpaired) electrons. The van der Waals surface area contributed by atoms with Crippen LogP contribution in [0.2, 0.25) is 0 Å². The Balaban J connectivity index is 1.44. The van der Waals surface area contributed by atoms with Crippen LogP contribution in [0, 0.1) is 11.8 Å².